The highest BCUT2D eigenvalue weighted by molar-refractivity contribution is 5.86. The standard InChI is InChI=1S/C19H14N4O/c24-19(22-13-11-20-17(22)15-7-3-1-4-8-15)23-14-12-21-18(23)16-9-5-2-6-10-16/h1-14H. The molecule has 0 aliphatic rings. The molecule has 5 heteroatoms. The lowest BCUT2D eigenvalue weighted by molar-refractivity contribution is 0.244. The molecule has 2 heterocycles. The summed E-state index contributed by atoms with van der Waals surface area (Å²) in [7, 11) is 0. The smallest absolute Gasteiger partial charge is 0.251 e. The first kappa shape index (κ1) is 14.1. The van der Waals surface area contributed by atoms with Gasteiger partial charge in [0.2, 0.25) is 0 Å². The summed E-state index contributed by atoms with van der Waals surface area (Å²) in [5.74, 6) is 1.21. The molecule has 116 valence electrons. The third-order valence-corrected chi connectivity index (χ3v) is 3.76. The molecule has 0 aliphatic heterocycles. The van der Waals surface area contributed by atoms with Crippen LogP contribution >= 0.6 is 0 Å². The van der Waals surface area contributed by atoms with Gasteiger partial charge in [-0.05, 0) is 0 Å². The summed E-state index contributed by atoms with van der Waals surface area (Å²) >= 11 is 0. The Hall–Kier alpha value is -3.47. The second kappa shape index (κ2) is 5.96. The second-order valence-corrected chi connectivity index (χ2v) is 5.26. The van der Waals surface area contributed by atoms with Crippen molar-refractivity contribution in [3.05, 3.63) is 85.5 Å². The number of hydrogen-bond acceptors (Lipinski definition) is 3. The van der Waals surface area contributed by atoms with E-state index in [1.54, 1.807) is 24.8 Å². The van der Waals surface area contributed by atoms with E-state index in [0.717, 1.165) is 11.1 Å². The first-order valence-electron chi connectivity index (χ1n) is 7.57. The summed E-state index contributed by atoms with van der Waals surface area (Å²) in [6, 6.07) is 19.0. The average Bonchev–Trinajstić information content (AvgIpc) is 3.32. The number of aromatic nitrogens is 4. The second-order valence-electron chi connectivity index (χ2n) is 5.26. The van der Waals surface area contributed by atoms with Crippen molar-refractivity contribution in [2.24, 2.45) is 0 Å². The molecule has 0 fully saturated rings. The van der Waals surface area contributed by atoms with Gasteiger partial charge in [-0.3, -0.25) is 9.13 Å². The summed E-state index contributed by atoms with van der Waals surface area (Å²) in [6.07, 6.45) is 6.58. The van der Waals surface area contributed by atoms with Crippen molar-refractivity contribution in [2.75, 3.05) is 0 Å². The SMILES string of the molecule is O=C(n1ccnc1-c1ccccc1)n1ccnc1-c1ccccc1. The Morgan fingerprint density at radius 2 is 1.08 bits per heavy atom. The molecule has 0 saturated carbocycles. The summed E-state index contributed by atoms with van der Waals surface area (Å²) in [5.41, 5.74) is 1.77. The first-order valence-corrected chi connectivity index (χ1v) is 7.57. The molecule has 5 nitrogen and oxygen atoms in total. The van der Waals surface area contributed by atoms with Crippen molar-refractivity contribution in [1.29, 1.82) is 0 Å². The minimum atomic E-state index is -0.220. The van der Waals surface area contributed by atoms with E-state index in [1.807, 2.05) is 60.7 Å². The molecule has 0 radical (unpaired) electrons. The van der Waals surface area contributed by atoms with Gasteiger partial charge in [-0.15, -0.1) is 0 Å². The Bertz CT molecular complexity index is 891. The van der Waals surface area contributed by atoms with Gasteiger partial charge in [-0.25, -0.2) is 14.8 Å². The molecule has 0 spiro atoms. The van der Waals surface area contributed by atoms with Crippen LogP contribution in [0.2, 0.25) is 0 Å². The molecule has 4 rings (SSSR count). The van der Waals surface area contributed by atoms with Crippen LogP contribution in [0.15, 0.2) is 85.5 Å². The monoisotopic (exact) mass is 314 g/mol. The van der Waals surface area contributed by atoms with Crippen LogP contribution in [0, 0.1) is 0 Å². The van der Waals surface area contributed by atoms with Gasteiger partial charge in [0, 0.05) is 35.9 Å². The minimum Gasteiger partial charge on any atom is -0.251 e. The quantitative estimate of drug-likeness (QED) is 0.563. The molecule has 24 heavy (non-hydrogen) atoms. The van der Waals surface area contributed by atoms with Crippen molar-refractivity contribution in [3.8, 4) is 22.8 Å². The summed E-state index contributed by atoms with van der Waals surface area (Å²) in [4.78, 5) is 21.7. The summed E-state index contributed by atoms with van der Waals surface area (Å²) in [5, 5.41) is 0. The predicted molar refractivity (Wildman–Crippen MR) is 91.5 cm³/mol. The van der Waals surface area contributed by atoms with E-state index in [2.05, 4.69) is 9.97 Å². The molecule has 0 saturated heterocycles. The lowest BCUT2D eigenvalue weighted by Crippen LogP contribution is -2.20. The maximum atomic E-state index is 13.0. The largest absolute Gasteiger partial charge is 0.339 e. The van der Waals surface area contributed by atoms with E-state index in [-0.39, 0.29) is 6.03 Å². The highest BCUT2D eigenvalue weighted by atomic mass is 16.2. The van der Waals surface area contributed by atoms with Crippen LogP contribution in [0.25, 0.3) is 22.8 Å². The number of carbonyl (C=O) groups excluding carboxylic acids is 1. The van der Waals surface area contributed by atoms with Crippen molar-refractivity contribution >= 4 is 6.03 Å². The van der Waals surface area contributed by atoms with Gasteiger partial charge in [0.25, 0.3) is 0 Å². The maximum Gasteiger partial charge on any atom is 0.339 e. The zero-order valence-corrected chi connectivity index (χ0v) is 12.8. The fourth-order valence-electron chi connectivity index (χ4n) is 2.63. The van der Waals surface area contributed by atoms with E-state index in [1.165, 1.54) is 9.13 Å². The van der Waals surface area contributed by atoms with Crippen molar-refractivity contribution < 1.29 is 4.79 Å². The van der Waals surface area contributed by atoms with Crippen molar-refractivity contribution in [1.82, 2.24) is 19.1 Å². The molecule has 0 atom stereocenters. The molecule has 0 bridgehead atoms. The Balaban J connectivity index is 1.78. The van der Waals surface area contributed by atoms with E-state index in [9.17, 15) is 4.79 Å². The topological polar surface area (TPSA) is 52.7 Å². The predicted octanol–water partition coefficient (Wildman–Crippen LogP) is 3.93. The van der Waals surface area contributed by atoms with Crippen LogP contribution in [-0.4, -0.2) is 25.1 Å². The molecular weight excluding hydrogens is 300 g/mol. The fraction of sp³-hybridized carbons (Fsp3) is 0. The highest BCUT2D eigenvalue weighted by Crippen LogP contribution is 2.20. The van der Waals surface area contributed by atoms with Gasteiger partial charge in [-0.1, -0.05) is 60.7 Å². The zero-order chi connectivity index (χ0) is 16.4. The van der Waals surface area contributed by atoms with Gasteiger partial charge in [0.15, 0.2) is 0 Å². The molecule has 2 aromatic heterocycles. The van der Waals surface area contributed by atoms with Crippen LogP contribution in [0.5, 0.6) is 0 Å². The Labute approximate surface area is 138 Å². The van der Waals surface area contributed by atoms with E-state index < -0.39 is 0 Å². The number of nitrogens with zero attached hydrogens (tertiary/aromatic N) is 4. The van der Waals surface area contributed by atoms with Gasteiger partial charge < -0.3 is 0 Å². The zero-order valence-electron chi connectivity index (χ0n) is 12.8. The van der Waals surface area contributed by atoms with Crippen LogP contribution in [0.1, 0.15) is 0 Å². The fourth-order valence-corrected chi connectivity index (χ4v) is 2.63. The summed E-state index contributed by atoms with van der Waals surface area (Å²) < 4.78 is 3.06. The third-order valence-electron chi connectivity index (χ3n) is 3.76. The number of rotatable bonds is 2. The molecular formula is C19H14N4O. The number of imidazole rings is 2. The third kappa shape index (κ3) is 2.42. The minimum absolute atomic E-state index is 0.220. The molecule has 2 aromatic carbocycles. The van der Waals surface area contributed by atoms with Crippen LogP contribution in [0.4, 0.5) is 4.79 Å². The van der Waals surface area contributed by atoms with Gasteiger partial charge in [-0.2, -0.15) is 0 Å². The Morgan fingerprint density at radius 3 is 1.50 bits per heavy atom. The van der Waals surface area contributed by atoms with Gasteiger partial charge in [0.1, 0.15) is 11.6 Å². The van der Waals surface area contributed by atoms with Crippen LogP contribution in [-0.2, 0) is 0 Å². The summed E-state index contributed by atoms with van der Waals surface area (Å²) in [6.45, 7) is 0. The average molecular weight is 314 g/mol. The van der Waals surface area contributed by atoms with Crippen LogP contribution < -0.4 is 0 Å². The van der Waals surface area contributed by atoms with Crippen LogP contribution in [0.3, 0.4) is 0 Å². The molecule has 0 aliphatic carbocycles. The maximum absolute atomic E-state index is 13.0. The van der Waals surface area contributed by atoms with Crippen molar-refractivity contribution in [2.45, 2.75) is 0 Å². The lowest BCUT2D eigenvalue weighted by Gasteiger charge is -2.10. The van der Waals surface area contributed by atoms with E-state index in [0.29, 0.717) is 11.6 Å². The van der Waals surface area contributed by atoms with E-state index in [4.69, 9.17) is 0 Å². The number of hydrogen-bond donors (Lipinski definition) is 0. The Kier molecular flexibility index (Phi) is 3.51. The van der Waals surface area contributed by atoms with E-state index >= 15 is 0 Å². The normalized spacial score (nSPS) is 10.7. The first-order chi connectivity index (χ1) is 11.8. The number of carbonyl (C=O) groups is 1. The van der Waals surface area contributed by atoms with Gasteiger partial charge in [0.05, 0.1) is 0 Å². The number of benzene rings is 2. The Morgan fingerprint density at radius 1 is 0.667 bits per heavy atom. The molecule has 0 N–H and O–H groups in total. The molecule has 4 aromatic rings. The lowest BCUT2D eigenvalue weighted by atomic mass is 10.2. The highest BCUT2D eigenvalue weighted by Gasteiger charge is 2.17. The molecule has 0 unspecified atom stereocenters. The molecule has 0 amide bonds. The van der Waals surface area contributed by atoms with Gasteiger partial charge >= 0.3 is 6.03 Å². The van der Waals surface area contributed by atoms with Crippen molar-refractivity contribution in [3.63, 3.8) is 0 Å².